The number of aromatic carboxylic acids is 1. The summed E-state index contributed by atoms with van der Waals surface area (Å²) in [7, 11) is 0. The van der Waals surface area contributed by atoms with Crippen LogP contribution in [-0.2, 0) is 0 Å². The molecule has 3 aromatic rings. The molecule has 0 atom stereocenters. The van der Waals surface area contributed by atoms with Crippen LogP contribution in [0.3, 0.4) is 0 Å². The smallest absolute Gasteiger partial charge is 0.343 e. The zero-order valence-electron chi connectivity index (χ0n) is 8.53. The number of hydrogen-bond acceptors (Lipinski definition) is 5. The van der Waals surface area contributed by atoms with Crippen LogP contribution in [0.2, 0.25) is 0 Å². The fourth-order valence-corrected chi connectivity index (χ4v) is 1.73. The summed E-state index contributed by atoms with van der Waals surface area (Å²) in [5.74, 6) is -1.20. The third kappa shape index (κ3) is 1.22. The maximum atomic E-state index is 11.0. The van der Waals surface area contributed by atoms with Crippen LogP contribution in [0.25, 0.3) is 16.6 Å². The van der Waals surface area contributed by atoms with Crippen molar-refractivity contribution in [3.63, 3.8) is 0 Å². The number of carboxylic acid groups (broad SMARTS) is 1. The lowest BCUT2D eigenvalue weighted by Crippen LogP contribution is -2.00. The zero-order chi connectivity index (χ0) is 12.0. The summed E-state index contributed by atoms with van der Waals surface area (Å²) in [4.78, 5) is 19.1. The van der Waals surface area contributed by atoms with E-state index in [1.54, 1.807) is 24.7 Å². The first-order chi connectivity index (χ1) is 8.18. The fraction of sp³-hybridized carbons (Fsp3) is 0. The molecule has 0 saturated carbocycles. The molecule has 0 unspecified atom stereocenters. The standard InChI is InChI=1S/C10H7N5O2/c11-8-7(10(16)17)9-13-3-5-1-2-12-4-6(5)15(9)14-8/h1-4H,(H2,11,14)(H,16,17). The molecule has 3 N–H and O–H groups in total. The highest BCUT2D eigenvalue weighted by atomic mass is 16.4. The molecule has 3 rings (SSSR count). The number of nitrogen functional groups attached to an aromatic ring is 1. The topological polar surface area (TPSA) is 106 Å². The number of fused-ring (bicyclic) bond motifs is 3. The van der Waals surface area contributed by atoms with E-state index < -0.39 is 5.97 Å². The van der Waals surface area contributed by atoms with Crippen molar-refractivity contribution in [3.05, 3.63) is 30.2 Å². The Kier molecular flexibility index (Phi) is 1.76. The first-order valence-corrected chi connectivity index (χ1v) is 4.78. The van der Waals surface area contributed by atoms with Crippen LogP contribution in [0.1, 0.15) is 10.4 Å². The molecule has 0 aliphatic heterocycles. The Balaban J connectivity index is 2.53. The van der Waals surface area contributed by atoms with Crippen molar-refractivity contribution in [3.8, 4) is 0 Å². The fourth-order valence-electron chi connectivity index (χ4n) is 1.73. The number of carboxylic acids is 1. The molecule has 0 fully saturated rings. The number of nitrogens with two attached hydrogens (primary N) is 1. The molecular weight excluding hydrogens is 222 g/mol. The van der Waals surface area contributed by atoms with Crippen LogP contribution in [0.4, 0.5) is 5.82 Å². The van der Waals surface area contributed by atoms with Crippen molar-refractivity contribution in [1.82, 2.24) is 19.6 Å². The van der Waals surface area contributed by atoms with E-state index in [4.69, 9.17) is 10.8 Å². The molecule has 17 heavy (non-hydrogen) atoms. The van der Waals surface area contributed by atoms with Gasteiger partial charge in [0, 0.05) is 17.8 Å². The van der Waals surface area contributed by atoms with Crippen molar-refractivity contribution >= 4 is 28.3 Å². The number of pyridine rings is 1. The van der Waals surface area contributed by atoms with Gasteiger partial charge >= 0.3 is 5.97 Å². The largest absolute Gasteiger partial charge is 0.477 e. The summed E-state index contributed by atoms with van der Waals surface area (Å²) >= 11 is 0. The van der Waals surface area contributed by atoms with Crippen molar-refractivity contribution in [2.45, 2.75) is 0 Å². The predicted octanol–water partition coefficient (Wildman–Crippen LogP) is 0.558. The van der Waals surface area contributed by atoms with Crippen molar-refractivity contribution in [2.24, 2.45) is 0 Å². The molecule has 3 aromatic heterocycles. The average molecular weight is 229 g/mol. The maximum Gasteiger partial charge on any atom is 0.343 e. The van der Waals surface area contributed by atoms with Gasteiger partial charge in [-0.2, -0.15) is 0 Å². The van der Waals surface area contributed by atoms with Crippen LogP contribution >= 0.6 is 0 Å². The highest BCUT2D eigenvalue weighted by Crippen LogP contribution is 2.20. The summed E-state index contributed by atoms with van der Waals surface area (Å²) in [6, 6.07) is 1.76. The molecule has 0 amide bonds. The molecule has 84 valence electrons. The number of aromatic nitrogens is 4. The summed E-state index contributed by atoms with van der Waals surface area (Å²) < 4.78 is 1.39. The van der Waals surface area contributed by atoms with E-state index >= 15 is 0 Å². The molecule has 0 aliphatic rings. The third-order valence-electron chi connectivity index (χ3n) is 2.49. The van der Waals surface area contributed by atoms with Crippen LogP contribution in [-0.4, -0.2) is 30.7 Å². The first-order valence-electron chi connectivity index (χ1n) is 4.78. The molecule has 0 spiro atoms. The SMILES string of the molecule is Nc1nn2c(ncc3ccncc32)c1C(=O)O. The van der Waals surface area contributed by atoms with E-state index in [0.717, 1.165) is 5.39 Å². The summed E-state index contributed by atoms with van der Waals surface area (Å²) in [6.45, 7) is 0. The van der Waals surface area contributed by atoms with Gasteiger partial charge in [0.15, 0.2) is 11.5 Å². The van der Waals surface area contributed by atoms with Gasteiger partial charge in [-0.15, -0.1) is 5.10 Å². The molecule has 0 aliphatic carbocycles. The molecule has 3 heterocycles. The van der Waals surface area contributed by atoms with E-state index in [2.05, 4.69) is 15.1 Å². The molecule has 0 saturated heterocycles. The zero-order valence-corrected chi connectivity index (χ0v) is 8.53. The van der Waals surface area contributed by atoms with Crippen molar-refractivity contribution in [1.29, 1.82) is 0 Å². The second-order valence-electron chi connectivity index (χ2n) is 3.49. The summed E-state index contributed by atoms with van der Waals surface area (Å²) in [6.07, 6.45) is 4.78. The Hall–Kier alpha value is -2.70. The summed E-state index contributed by atoms with van der Waals surface area (Å²) in [5.41, 5.74) is 6.37. The molecular formula is C10H7N5O2. The Morgan fingerprint density at radius 2 is 2.24 bits per heavy atom. The van der Waals surface area contributed by atoms with Crippen molar-refractivity contribution in [2.75, 3.05) is 5.73 Å². The number of nitrogens with zero attached hydrogens (tertiary/aromatic N) is 4. The monoisotopic (exact) mass is 229 g/mol. The van der Waals surface area contributed by atoms with Crippen LogP contribution < -0.4 is 5.73 Å². The lowest BCUT2D eigenvalue weighted by Gasteiger charge is -1.99. The van der Waals surface area contributed by atoms with E-state index in [-0.39, 0.29) is 17.0 Å². The van der Waals surface area contributed by atoms with E-state index in [9.17, 15) is 4.79 Å². The quantitative estimate of drug-likeness (QED) is 0.631. The minimum Gasteiger partial charge on any atom is -0.477 e. The Morgan fingerprint density at radius 1 is 1.41 bits per heavy atom. The highest BCUT2D eigenvalue weighted by Gasteiger charge is 2.19. The minimum atomic E-state index is -1.15. The van der Waals surface area contributed by atoms with Gasteiger partial charge in [-0.25, -0.2) is 14.3 Å². The van der Waals surface area contributed by atoms with E-state index in [0.29, 0.717) is 5.52 Å². The Bertz CT molecular complexity index is 749. The number of hydrogen-bond donors (Lipinski definition) is 2. The normalized spacial score (nSPS) is 11.1. The predicted molar refractivity (Wildman–Crippen MR) is 59.7 cm³/mol. The second-order valence-corrected chi connectivity index (χ2v) is 3.49. The Morgan fingerprint density at radius 3 is 3.00 bits per heavy atom. The van der Waals surface area contributed by atoms with Gasteiger partial charge in [-0.1, -0.05) is 0 Å². The lowest BCUT2D eigenvalue weighted by molar-refractivity contribution is 0.0700. The highest BCUT2D eigenvalue weighted by molar-refractivity contribution is 6.00. The van der Waals surface area contributed by atoms with Gasteiger partial charge in [0.25, 0.3) is 0 Å². The molecule has 0 aromatic carbocycles. The van der Waals surface area contributed by atoms with Crippen molar-refractivity contribution < 1.29 is 9.90 Å². The second kappa shape index (κ2) is 3.14. The van der Waals surface area contributed by atoms with Crippen LogP contribution in [0.15, 0.2) is 24.7 Å². The van der Waals surface area contributed by atoms with E-state index in [1.165, 1.54) is 4.52 Å². The lowest BCUT2D eigenvalue weighted by atomic mass is 10.3. The number of rotatable bonds is 1. The molecule has 7 nitrogen and oxygen atoms in total. The molecule has 0 radical (unpaired) electrons. The van der Waals surface area contributed by atoms with Gasteiger partial charge in [0.2, 0.25) is 0 Å². The van der Waals surface area contributed by atoms with Crippen LogP contribution in [0, 0.1) is 0 Å². The number of carbonyl (C=O) groups is 1. The number of anilines is 1. The Labute approximate surface area is 94.5 Å². The van der Waals surface area contributed by atoms with Gasteiger partial charge in [0.1, 0.15) is 5.56 Å². The minimum absolute atomic E-state index is 0.0543. The molecule has 0 bridgehead atoms. The van der Waals surface area contributed by atoms with E-state index in [1.807, 2.05) is 0 Å². The van der Waals surface area contributed by atoms with Crippen LogP contribution in [0.5, 0.6) is 0 Å². The van der Waals surface area contributed by atoms with Gasteiger partial charge in [0.05, 0.1) is 11.7 Å². The third-order valence-corrected chi connectivity index (χ3v) is 2.49. The first kappa shape index (κ1) is 9.52. The van der Waals surface area contributed by atoms with Gasteiger partial charge < -0.3 is 10.8 Å². The van der Waals surface area contributed by atoms with Gasteiger partial charge in [-0.3, -0.25) is 4.98 Å². The van der Waals surface area contributed by atoms with Gasteiger partial charge in [-0.05, 0) is 6.07 Å². The summed E-state index contributed by atoms with van der Waals surface area (Å²) in [5, 5.41) is 13.8. The molecule has 7 heteroatoms. The maximum absolute atomic E-state index is 11.0. The average Bonchev–Trinajstić information content (AvgIpc) is 2.65.